The number of hydrogen-bond acceptors (Lipinski definition) is 13. The van der Waals surface area contributed by atoms with Crippen LogP contribution in [-0.2, 0) is 33.3 Å². The molecule has 2 heterocycles. The first-order valence-corrected chi connectivity index (χ1v) is 16.8. The summed E-state index contributed by atoms with van der Waals surface area (Å²) in [6, 6.07) is 0. The molecular weight excluding hydrogens is 615 g/mol. The van der Waals surface area contributed by atoms with Crippen LogP contribution >= 0.6 is 0 Å². The number of rotatable bonds is 21. The molecule has 2 saturated heterocycles. The van der Waals surface area contributed by atoms with Gasteiger partial charge in [0.25, 0.3) is 0 Å². The van der Waals surface area contributed by atoms with Gasteiger partial charge in [0.2, 0.25) is 0 Å². The zero-order chi connectivity index (χ0) is 33.5. The molecule has 5 N–H and O–H groups in total. The van der Waals surface area contributed by atoms with Crippen LogP contribution < -0.4 is 34.7 Å². The summed E-state index contributed by atoms with van der Waals surface area (Å²) in [5, 5.41) is 63.6. The number of aliphatic hydroxyl groups excluding tert-OH is 5. The van der Waals surface area contributed by atoms with Crippen LogP contribution in [0.3, 0.4) is 0 Å². The Kier molecular flexibility index (Phi) is 21.9. The summed E-state index contributed by atoms with van der Waals surface area (Å²) in [6.07, 6.45) is -5.51. The van der Waals surface area contributed by atoms with Crippen LogP contribution in [0.1, 0.15) is 118 Å². The molecule has 0 spiro atoms. The van der Waals surface area contributed by atoms with E-state index in [2.05, 4.69) is 13.8 Å². The Balaban J connectivity index is 0.0000106. The van der Waals surface area contributed by atoms with Crippen LogP contribution in [0.5, 0.6) is 0 Å². The van der Waals surface area contributed by atoms with E-state index in [0.717, 1.165) is 57.8 Å². The number of ether oxygens (including phenoxy) is 5. The maximum absolute atomic E-state index is 13.1. The number of carboxylic acid groups (broad SMARTS) is 1. The Bertz CT molecular complexity index is 851. The zero-order valence-electron chi connectivity index (χ0n) is 28.3. The van der Waals surface area contributed by atoms with Gasteiger partial charge in [-0.3, -0.25) is 4.79 Å². The topological polar surface area (TPSA) is 204 Å². The standard InChI is InChI=1S/C32H58O13.Na/c1-5-7-9-11-13-15-21(17-23(33)34)43-24(35)18-22(16-14-12-10-8-6-2)44-32-30(28(39)26(37)20(4)42-32)45-31-29(40)27(38)25(36)19(3)41-31;/h19-22,25-32,36-40H,5-18H2,1-4H3,(H,33,34);/q;+1/p-1/t19-,20-,21?,22?,25-,26-,27+,28+,29+,30+,31+,32+;/m0./s1. The van der Waals surface area contributed by atoms with Crippen molar-refractivity contribution in [1.82, 2.24) is 0 Å². The molecule has 0 saturated carbocycles. The van der Waals surface area contributed by atoms with Crippen molar-refractivity contribution < 1.29 is 93.5 Å². The molecule has 0 bridgehead atoms. The first-order chi connectivity index (χ1) is 21.4. The maximum Gasteiger partial charge on any atom is 1.00 e. The minimum Gasteiger partial charge on any atom is -0.550 e. The van der Waals surface area contributed by atoms with Gasteiger partial charge >= 0.3 is 35.5 Å². The van der Waals surface area contributed by atoms with Crippen molar-refractivity contribution in [3.63, 3.8) is 0 Å². The van der Waals surface area contributed by atoms with E-state index >= 15 is 0 Å². The molecule has 2 rings (SSSR count). The average molecular weight is 673 g/mol. The van der Waals surface area contributed by atoms with Crippen molar-refractivity contribution in [1.29, 1.82) is 0 Å². The number of esters is 1. The molecule has 2 fully saturated rings. The predicted octanol–water partition coefficient (Wildman–Crippen LogP) is -1.78. The number of aliphatic carboxylic acids is 1. The minimum absolute atomic E-state index is 0. The van der Waals surface area contributed by atoms with Gasteiger partial charge in [0, 0.05) is 12.4 Å². The Morgan fingerprint density at radius 3 is 1.72 bits per heavy atom. The van der Waals surface area contributed by atoms with Gasteiger partial charge in [0.1, 0.15) is 42.7 Å². The van der Waals surface area contributed by atoms with Crippen LogP contribution in [0, 0.1) is 0 Å². The van der Waals surface area contributed by atoms with Crippen LogP contribution in [0.2, 0.25) is 0 Å². The van der Waals surface area contributed by atoms with Crippen molar-refractivity contribution in [2.24, 2.45) is 0 Å². The van der Waals surface area contributed by atoms with Gasteiger partial charge in [0.15, 0.2) is 12.6 Å². The molecule has 2 unspecified atom stereocenters. The molecule has 0 aromatic carbocycles. The normalized spacial score (nSPS) is 32.7. The summed E-state index contributed by atoms with van der Waals surface area (Å²) in [7, 11) is 0. The fraction of sp³-hybridized carbons (Fsp3) is 0.938. The second-order valence-electron chi connectivity index (χ2n) is 12.5. The number of carbonyl (C=O) groups excluding carboxylic acids is 2. The zero-order valence-corrected chi connectivity index (χ0v) is 30.3. The second kappa shape index (κ2) is 23.1. The van der Waals surface area contributed by atoms with Crippen molar-refractivity contribution in [2.45, 2.75) is 191 Å². The SMILES string of the molecule is CCCCCCCC(CC(=O)[O-])OC(=O)CC(CCCCCCC)O[C@H]1O[C@@H](C)[C@H](O)[C@@H](O)[C@H]1O[C@H]1O[C@@H](C)[C@H](O)[C@@H](O)[C@H]1O.[Na+]. The third-order valence-electron chi connectivity index (χ3n) is 8.56. The summed E-state index contributed by atoms with van der Waals surface area (Å²) < 4.78 is 29.0. The van der Waals surface area contributed by atoms with Gasteiger partial charge in [-0.05, 0) is 33.1 Å². The van der Waals surface area contributed by atoms with Gasteiger partial charge in [-0.15, -0.1) is 0 Å². The molecule has 264 valence electrons. The van der Waals surface area contributed by atoms with Crippen LogP contribution in [0.4, 0.5) is 0 Å². The first kappa shape index (κ1) is 43.6. The molecule has 13 nitrogen and oxygen atoms in total. The van der Waals surface area contributed by atoms with Crippen LogP contribution in [0.15, 0.2) is 0 Å². The van der Waals surface area contributed by atoms with E-state index in [1.54, 1.807) is 0 Å². The molecule has 0 aliphatic carbocycles. The Hall–Kier alpha value is -0.420. The monoisotopic (exact) mass is 672 g/mol. The number of carboxylic acids is 1. The fourth-order valence-corrected chi connectivity index (χ4v) is 5.70. The van der Waals surface area contributed by atoms with E-state index in [0.29, 0.717) is 19.3 Å². The van der Waals surface area contributed by atoms with Crippen molar-refractivity contribution in [3.8, 4) is 0 Å². The number of carbonyl (C=O) groups is 2. The van der Waals surface area contributed by atoms with Gasteiger partial charge in [0.05, 0.1) is 24.7 Å². The van der Waals surface area contributed by atoms with Gasteiger partial charge in [-0.25, -0.2) is 0 Å². The van der Waals surface area contributed by atoms with Crippen LogP contribution in [-0.4, -0.2) is 111 Å². The molecular formula is C32H57NaO13. The van der Waals surface area contributed by atoms with Gasteiger partial charge < -0.3 is 59.1 Å². The molecule has 2 aliphatic heterocycles. The molecule has 14 heteroatoms. The maximum atomic E-state index is 13.1. The molecule has 0 aromatic rings. The number of aliphatic hydroxyl groups is 5. The quantitative estimate of drug-likeness (QED) is 0.0521. The first-order valence-electron chi connectivity index (χ1n) is 16.8. The smallest absolute Gasteiger partial charge is 0.550 e. The molecule has 0 amide bonds. The summed E-state index contributed by atoms with van der Waals surface area (Å²) in [5.74, 6) is -1.95. The summed E-state index contributed by atoms with van der Waals surface area (Å²) >= 11 is 0. The Morgan fingerprint density at radius 1 is 0.674 bits per heavy atom. The average Bonchev–Trinajstić information content (AvgIpc) is 2.98. The largest absolute Gasteiger partial charge is 1.00 e. The summed E-state index contributed by atoms with van der Waals surface area (Å²) in [5.41, 5.74) is 0. The molecule has 0 radical (unpaired) electrons. The van der Waals surface area contributed by atoms with Gasteiger partial charge in [-0.2, -0.15) is 0 Å². The number of unbranched alkanes of at least 4 members (excludes halogenated alkanes) is 8. The van der Waals surface area contributed by atoms with E-state index in [4.69, 9.17) is 23.7 Å². The van der Waals surface area contributed by atoms with Crippen molar-refractivity contribution >= 4 is 11.9 Å². The van der Waals surface area contributed by atoms with Gasteiger partial charge in [-0.1, -0.05) is 71.6 Å². The molecule has 46 heavy (non-hydrogen) atoms. The van der Waals surface area contributed by atoms with Crippen LogP contribution in [0.25, 0.3) is 0 Å². The van der Waals surface area contributed by atoms with E-state index < -0.39 is 92.0 Å². The fourth-order valence-electron chi connectivity index (χ4n) is 5.70. The molecule has 0 aromatic heterocycles. The van der Waals surface area contributed by atoms with E-state index in [1.165, 1.54) is 13.8 Å². The summed E-state index contributed by atoms with van der Waals surface area (Å²) in [4.78, 5) is 24.4. The van der Waals surface area contributed by atoms with Crippen molar-refractivity contribution in [3.05, 3.63) is 0 Å². The summed E-state index contributed by atoms with van der Waals surface area (Å²) in [6.45, 7) is 7.22. The van der Waals surface area contributed by atoms with E-state index in [-0.39, 0.29) is 36.0 Å². The number of hydrogen-bond donors (Lipinski definition) is 5. The molecule has 2 aliphatic rings. The minimum atomic E-state index is -1.67. The van der Waals surface area contributed by atoms with Crippen molar-refractivity contribution in [2.75, 3.05) is 0 Å². The third kappa shape index (κ3) is 14.6. The third-order valence-corrected chi connectivity index (χ3v) is 8.56. The Labute approximate surface area is 295 Å². The van der Waals surface area contributed by atoms with E-state index in [1.807, 2.05) is 0 Å². The molecule has 12 atom stereocenters. The second-order valence-corrected chi connectivity index (χ2v) is 12.5. The van der Waals surface area contributed by atoms with E-state index in [9.17, 15) is 40.2 Å². The predicted molar refractivity (Wildman–Crippen MR) is 159 cm³/mol. The Morgan fingerprint density at radius 2 is 1.17 bits per heavy atom.